The van der Waals surface area contributed by atoms with E-state index in [1.807, 2.05) is 72.8 Å². The molecule has 0 bridgehead atoms. The number of hydrogen-bond acceptors (Lipinski definition) is 3. The molecule has 3 aromatic carbocycles. The van der Waals surface area contributed by atoms with E-state index in [2.05, 4.69) is 32.0 Å². The minimum absolute atomic E-state index is 0.449. The van der Waals surface area contributed by atoms with Crippen LogP contribution in [0.1, 0.15) is 17.0 Å². The number of hydrogen-bond donors (Lipinski definition) is 1. The van der Waals surface area contributed by atoms with Crippen LogP contribution in [0.15, 0.2) is 77.3 Å². The normalized spacial score (nSPS) is 11.4. The van der Waals surface area contributed by atoms with Gasteiger partial charge in [0.15, 0.2) is 0 Å². The van der Waals surface area contributed by atoms with Crippen molar-refractivity contribution in [1.29, 1.82) is 5.26 Å². The lowest BCUT2D eigenvalue weighted by Gasteiger charge is -2.09. The molecule has 0 radical (unpaired) electrons. The van der Waals surface area contributed by atoms with Crippen LogP contribution in [0.5, 0.6) is 5.75 Å². The van der Waals surface area contributed by atoms with Crippen LogP contribution in [0.2, 0.25) is 0 Å². The zero-order valence-corrected chi connectivity index (χ0v) is 16.5. The largest absolute Gasteiger partial charge is 0.488 e. The van der Waals surface area contributed by atoms with Crippen molar-refractivity contribution in [2.45, 2.75) is 6.61 Å². The minimum Gasteiger partial charge on any atom is -0.488 e. The molecule has 0 aliphatic heterocycles. The number of nitriles is 1. The van der Waals surface area contributed by atoms with Gasteiger partial charge in [-0.05, 0) is 42.0 Å². The minimum atomic E-state index is 0.449. The lowest BCUT2D eigenvalue weighted by atomic mass is 10.1. The zero-order valence-electron chi connectivity index (χ0n) is 14.9. The predicted molar refractivity (Wildman–Crippen MR) is 114 cm³/mol. The third-order valence-electron chi connectivity index (χ3n) is 4.29. The molecule has 4 rings (SSSR count). The number of para-hydroxylation sites is 3. The SMILES string of the molecule is N#C/C(=C\c1ccccc1OCc1ccc(Br)cc1)c1nc2ccccc2[nH]1. The van der Waals surface area contributed by atoms with Gasteiger partial charge in [-0.25, -0.2) is 4.98 Å². The number of allylic oxidation sites excluding steroid dienone is 1. The topological polar surface area (TPSA) is 61.7 Å². The molecule has 1 N–H and O–H groups in total. The van der Waals surface area contributed by atoms with E-state index >= 15 is 0 Å². The third kappa shape index (κ3) is 3.98. The molecule has 136 valence electrons. The van der Waals surface area contributed by atoms with Crippen LogP contribution in [-0.4, -0.2) is 9.97 Å². The Bertz CT molecular complexity index is 1150. The second-order valence-electron chi connectivity index (χ2n) is 6.23. The molecule has 4 nitrogen and oxygen atoms in total. The van der Waals surface area contributed by atoms with Crippen molar-refractivity contribution in [3.63, 3.8) is 0 Å². The molecule has 0 spiro atoms. The van der Waals surface area contributed by atoms with Gasteiger partial charge in [-0.15, -0.1) is 0 Å². The number of H-pyrrole nitrogens is 1. The van der Waals surface area contributed by atoms with Crippen molar-refractivity contribution in [2.75, 3.05) is 0 Å². The Morgan fingerprint density at radius 3 is 2.57 bits per heavy atom. The predicted octanol–water partition coefficient (Wildman–Crippen LogP) is 5.97. The van der Waals surface area contributed by atoms with Crippen molar-refractivity contribution in [3.8, 4) is 11.8 Å². The standard InChI is InChI=1S/C23H16BrN3O/c24-19-11-9-16(10-12-19)15-28-22-8-4-1-5-17(22)13-18(14-25)23-26-20-6-2-3-7-21(20)27-23/h1-13H,15H2,(H,26,27)/b18-13+. The van der Waals surface area contributed by atoms with E-state index in [0.29, 0.717) is 23.8 Å². The Labute approximate surface area is 171 Å². The van der Waals surface area contributed by atoms with Crippen LogP contribution in [0.25, 0.3) is 22.7 Å². The maximum atomic E-state index is 9.67. The number of aromatic amines is 1. The van der Waals surface area contributed by atoms with E-state index in [-0.39, 0.29) is 0 Å². The number of benzene rings is 3. The van der Waals surface area contributed by atoms with Gasteiger partial charge in [0.2, 0.25) is 0 Å². The Balaban J connectivity index is 1.62. The smallest absolute Gasteiger partial charge is 0.149 e. The van der Waals surface area contributed by atoms with Gasteiger partial charge in [-0.3, -0.25) is 0 Å². The van der Waals surface area contributed by atoms with Crippen molar-refractivity contribution < 1.29 is 4.74 Å². The van der Waals surface area contributed by atoms with E-state index in [4.69, 9.17) is 4.74 Å². The molecule has 5 heteroatoms. The van der Waals surface area contributed by atoms with Gasteiger partial charge in [0, 0.05) is 10.0 Å². The van der Waals surface area contributed by atoms with Crippen LogP contribution >= 0.6 is 15.9 Å². The van der Waals surface area contributed by atoms with Crippen LogP contribution < -0.4 is 4.74 Å². The number of fused-ring (bicyclic) bond motifs is 1. The summed E-state index contributed by atoms with van der Waals surface area (Å²) < 4.78 is 7.03. The average molecular weight is 430 g/mol. The first-order chi connectivity index (χ1) is 13.7. The highest BCUT2D eigenvalue weighted by atomic mass is 79.9. The van der Waals surface area contributed by atoms with Gasteiger partial charge in [0.1, 0.15) is 24.3 Å². The van der Waals surface area contributed by atoms with Crippen LogP contribution in [-0.2, 0) is 6.61 Å². The van der Waals surface area contributed by atoms with Gasteiger partial charge in [-0.1, -0.05) is 58.4 Å². The van der Waals surface area contributed by atoms with Crippen LogP contribution in [0, 0.1) is 11.3 Å². The number of nitrogens with zero attached hydrogens (tertiary/aromatic N) is 2. The number of halogens is 1. The number of nitrogens with one attached hydrogen (secondary N) is 1. The summed E-state index contributed by atoms with van der Waals surface area (Å²) in [5, 5.41) is 9.67. The lowest BCUT2D eigenvalue weighted by Crippen LogP contribution is -1.97. The van der Waals surface area contributed by atoms with Crippen molar-refractivity contribution in [3.05, 3.63) is 94.2 Å². The van der Waals surface area contributed by atoms with E-state index in [0.717, 1.165) is 26.6 Å². The quantitative estimate of drug-likeness (QED) is 0.397. The number of rotatable bonds is 5. The summed E-state index contributed by atoms with van der Waals surface area (Å²) in [6.07, 6.45) is 1.80. The summed E-state index contributed by atoms with van der Waals surface area (Å²) >= 11 is 3.43. The summed E-state index contributed by atoms with van der Waals surface area (Å²) in [6, 6.07) is 25.6. The molecule has 0 aliphatic carbocycles. The second kappa shape index (κ2) is 8.12. The fourth-order valence-electron chi connectivity index (χ4n) is 2.86. The molecular formula is C23H16BrN3O. The summed E-state index contributed by atoms with van der Waals surface area (Å²) in [4.78, 5) is 7.72. The fraction of sp³-hybridized carbons (Fsp3) is 0.0435. The van der Waals surface area contributed by atoms with Crippen LogP contribution in [0.3, 0.4) is 0 Å². The molecule has 0 unspecified atom stereocenters. The summed E-state index contributed by atoms with van der Waals surface area (Å²) in [6.45, 7) is 0.449. The van der Waals surface area contributed by atoms with Gasteiger partial charge >= 0.3 is 0 Å². The van der Waals surface area contributed by atoms with Crippen molar-refractivity contribution in [1.82, 2.24) is 9.97 Å². The number of imidazole rings is 1. The summed E-state index contributed by atoms with van der Waals surface area (Å²) in [5.74, 6) is 1.26. The van der Waals surface area contributed by atoms with E-state index < -0.39 is 0 Å². The molecule has 0 amide bonds. The number of ether oxygens (including phenoxy) is 1. The fourth-order valence-corrected chi connectivity index (χ4v) is 3.13. The monoisotopic (exact) mass is 429 g/mol. The maximum absolute atomic E-state index is 9.67. The molecule has 0 aliphatic rings. The zero-order chi connectivity index (χ0) is 19.3. The second-order valence-corrected chi connectivity index (χ2v) is 7.14. The van der Waals surface area contributed by atoms with E-state index in [9.17, 15) is 5.26 Å². The Hall–Kier alpha value is -3.36. The van der Waals surface area contributed by atoms with Crippen molar-refractivity contribution in [2.24, 2.45) is 0 Å². The first kappa shape index (κ1) is 18.0. The molecular weight excluding hydrogens is 414 g/mol. The van der Waals surface area contributed by atoms with Crippen molar-refractivity contribution >= 4 is 38.6 Å². The molecule has 4 aromatic rings. The first-order valence-electron chi connectivity index (χ1n) is 8.76. The third-order valence-corrected chi connectivity index (χ3v) is 4.82. The maximum Gasteiger partial charge on any atom is 0.149 e. The summed E-state index contributed by atoms with van der Waals surface area (Å²) in [7, 11) is 0. The Morgan fingerprint density at radius 1 is 1.04 bits per heavy atom. The molecule has 28 heavy (non-hydrogen) atoms. The highest BCUT2D eigenvalue weighted by molar-refractivity contribution is 9.10. The van der Waals surface area contributed by atoms with Gasteiger partial charge in [0.05, 0.1) is 16.6 Å². The first-order valence-corrected chi connectivity index (χ1v) is 9.55. The van der Waals surface area contributed by atoms with E-state index in [1.54, 1.807) is 6.08 Å². The summed E-state index contributed by atoms with van der Waals surface area (Å²) in [5.41, 5.74) is 4.09. The Morgan fingerprint density at radius 2 is 1.79 bits per heavy atom. The highest BCUT2D eigenvalue weighted by Gasteiger charge is 2.09. The van der Waals surface area contributed by atoms with Gasteiger partial charge in [0.25, 0.3) is 0 Å². The molecule has 0 fully saturated rings. The molecule has 1 heterocycles. The van der Waals surface area contributed by atoms with Crippen LogP contribution in [0.4, 0.5) is 0 Å². The van der Waals surface area contributed by atoms with Gasteiger partial charge in [-0.2, -0.15) is 5.26 Å². The number of aromatic nitrogens is 2. The Kier molecular flexibility index (Phi) is 5.22. The molecule has 0 saturated carbocycles. The molecule has 1 aromatic heterocycles. The molecule has 0 saturated heterocycles. The van der Waals surface area contributed by atoms with E-state index in [1.165, 1.54) is 0 Å². The lowest BCUT2D eigenvalue weighted by molar-refractivity contribution is 0.305. The van der Waals surface area contributed by atoms with Gasteiger partial charge < -0.3 is 9.72 Å². The molecule has 0 atom stereocenters. The highest BCUT2D eigenvalue weighted by Crippen LogP contribution is 2.25. The average Bonchev–Trinajstić information content (AvgIpc) is 3.16.